The van der Waals surface area contributed by atoms with E-state index in [-0.39, 0.29) is 81.2 Å². The zero-order chi connectivity index (χ0) is 86.2. The average molecular weight is 1640 g/mol. The van der Waals surface area contributed by atoms with Crippen LogP contribution >= 0.6 is 0 Å². The van der Waals surface area contributed by atoms with Crippen molar-refractivity contribution in [1.82, 2.24) is 16.0 Å². The third-order valence-corrected chi connectivity index (χ3v) is 19.8. The van der Waals surface area contributed by atoms with Crippen LogP contribution in [0.15, 0.2) is 5.11 Å². The second-order valence-electron chi connectivity index (χ2n) is 29.0. The normalized spacial score (nSPS) is 43.4. The van der Waals surface area contributed by atoms with Crippen LogP contribution < -0.4 is 21.1 Å². The molecular formula is C69H131N6O37-. The number of azide groups is 1. The van der Waals surface area contributed by atoms with Crippen molar-refractivity contribution in [2.24, 2.45) is 5.11 Å². The number of aliphatic hydroxyl groups excluding tert-OH is 23. The number of carbonyl (C=O) groups is 4. The molecule has 3 amide bonds. The number of amides is 3. The maximum Gasteiger partial charge on any atom is 0.217 e. The number of aliphatic hydroxyl groups is 23. The first-order valence-electron chi connectivity index (χ1n) is 37.3. The third kappa shape index (κ3) is 33.4. The van der Waals surface area contributed by atoms with Gasteiger partial charge in [0.15, 0.2) is 0 Å². The molecule has 9 fully saturated rings. The van der Waals surface area contributed by atoms with Gasteiger partial charge in [0.25, 0.3) is 0 Å². The van der Waals surface area contributed by atoms with Gasteiger partial charge in [0, 0.05) is 51.7 Å². The third-order valence-electron chi connectivity index (χ3n) is 19.8. The highest BCUT2D eigenvalue weighted by molar-refractivity contribution is 5.74. The monoisotopic (exact) mass is 1640 g/mol. The Morgan fingerprint density at radius 3 is 1.04 bits per heavy atom. The van der Waals surface area contributed by atoms with Gasteiger partial charge in [0.05, 0.1) is 124 Å². The lowest BCUT2D eigenvalue weighted by molar-refractivity contribution is -0.312. The molecule has 8 aliphatic heterocycles. The number of hydrogen-bond donors (Lipinski definition) is 26. The number of hydrogen-bond acceptors (Lipinski definition) is 38. The summed E-state index contributed by atoms with van der Waals surface area (Å²) in [6.07, 6.45) is -23.3. The lowest BCUT2D eigenvalue weighted by atomic mass is 9.94. The summed E-state index contributed by atoms with van der Waals surface area (Å²) < 4.78 is 46.2. The summed E-state index contributed by atoms with van der Waals surface area (Å²) >= 11 is 0. The Balaban J connectivity index is 0.000000634. The quantitative estimate of drug-likeness (QED) is 0.0490. The molecule has 0 bridgehead atoms. The number of carbonyl (C=O) groups excluding carboxylic acids is 4. The Labute approximate surface area is 650 Å². The first kappa shape index (κ1) is 106. The van der Waals surface area contributed by atoms with Crippen LogP contribution in [-0.4, -0.2) is 419 Å². The Kier molecular flexibility index (Phi) is 49.8. The van der Waals surface area contributed by atoms with Crippen molar-refractivity contribution in [2.45, 2.75) is 373 Å². The summed E-state index contributed by atoms with van der Waals surface area (Å²) in [6, 6.07) is -1.77. The standard InChI is InChI=1S/C9H17NO5.C9H17NO4.C9H17NO3.C8H14O6.C8H16O5.C7H13N3O4.2C7H14O5.C5H10/c1-4-7(12)9(14)8(13)6(15-4)3-10-5(2)11;1-4-8(12)7(10-6(3)11)9(13)5(2)14-4;1-5-4-8(10-7(3)11)9(12)6(2)13-5;1-3-6(11)8(13)7(12)4(14-3)2-5(9)10;1-4-6(10)8(12-2)7(11)5(3-9)13-4;1-3-6(12)7(13)5(9-10-8)4(2-11)14-3;2*1-3-5(9)7(11)6(10)4(2-8)12-3;1-2-4-5-3-1/h4,6-9,12-14H,3H2,1-2H3,(H,10,11);4-5,7-9,12-13H,1-3H3,(H,10,11);5-6,8-9,12H,4H2,1-3H3,(H,10,11);3-4,6-8,11-13H,2H2,1H3,(H,9,10);4-11H,3H2,1-2H3;3-7,11-13H,2H2,1H3;2*3-11H,2H2,1H3;1-5H2/p-1/t4-,6?,7-,8-,9?;4-,5?,7?,8-,9-;5?,6-,8?,9-;3-,4?,6-,7-,8?;4-,5?,6-,7-,8?;3-,4?,5-,6-,7?;3-,4?,5+,6-,7?;3-,4?,5-,6-,7?;/m11111110./s1. The van der Waals surface area contributed by atoms with Gasteiger partial charge in [-0.05, 0) is 81.2 Å². The minimum absolute atomic E-state index is 0.0928. The fourth-order valence-corrected chi connectivity index (χ4v) is 12.9. The molecule has 1 aliphatic carbocycles. The fourth-order valence-electron chi connectivity index (χ4n) is 12.9. The van der Waals surface area contributed by atoms with Crippen molar-refractivity contribution in [2.75, 3.05) is 40.1 Å². The van der Waals surface area contributed by atoms with E-state index in [0.29, 0.717) is 6.42 Å². The molecule has 0 radical (unpaired) electrons. The largest absolute Gasteiger partial charge is 0.550 e. The molecule has 26 N–H and O–H groups in total. The number of nitrogens with zero attached hydrogens (tertiary/aromatic N) is 3. The number of aliphatic carboxylic acids is 1. The maximum absolute atomic E-state index is 10.8. The second-order valence-corrected chi connectivity index (χ2v) is 29.0. The molecule has 43 heteroatoms. The van der Waals surface area contributed by atoms with Crippen LogP contribution in [0.2, 0.25) is 0 Å². The fraction of sp³-hybridized carbons (Fsp3) is 0.942. The van der Waals surface area contributed by atoms with Gasteiger partial charge in [-0.3, -0.25) is 14.4 Å². The molecule has 0 aromatic rings. The van der Waals surface area contributed by atoms with Crippen LogP contribution in [0, 0.1) is 0 Å². The van der Waals surface area contributed by atoms with Gasteiger partial charge in [0.2, 0.25) is 17.7 Å². The maximum atomic E-state index is 10.8. The minimum atomic E-state index is -1.40. The first-order chi connectivity index (χ1) is 52.2. The summed E-state index contributed by atoms with van der Waals surface area (Å²) in [5.41, 5.74) is 8.23. The van der Waals surface area contributed by atoms with Gasteiger partial charge in [-0.1, -0.05) is 37.2 Å². The van der Waals surface area contributed by atoms with E-state index in [2.05, 4.69) is 26.0 Å². The molecule has 0 spiro atoms. The predicted molar refractivity (Wildman–Crippen MR) is 383 cm³/mol. The molecule has 39 atom stereocenters. The Bertz CT molecular complexity index is 2600. The molecule has 8 saturated heterocycles. The molecule has 16 unspecified atom stereocenters. The number of carboxylic acids is 1. The molecule has 0 aromatic carbocycles. The van der Waals surface area contributed by atoms with Crippen LogP contribution in [0.1, 0.15) is 135 Å². The smallest absolute Gasteiger partial charge is 0.217 e. The van der Waals surface area contributed by atoms with Gasteiger partial charge < -0.3 is 186 Å². The lowest BCUT2D eigenvalue weighted by Gasteiger charge is -2.40. The van der Waals surface area contributed by atoms with E-state index in [1.54, 1.807) is 48.5 Å². The van der Waals surface area contributed by atoms with E-state index in [0.717, 1.165) is 0 Å². The molecule has 8 heterocycles. The van der Waals surface area contributed by atoms with Crippen LogP contribution in [0.5, 0.6) is 0 Å². The Hall–Kier alpha value is -4.09. The number of carboxylic acid groups (broad SMARTS) is 1. The minimum Gasteiger partial charge on any atom is -0.550 e. The highest BCUT2D eigenvalue weighted by Gasteiger charge is 2.48. The Morgan fingerprint density at radius 2 is 0.696 bits per heavy atom. The van der Waals surface area contributed by atoms with Gasteiger partial charge in [-0.25, -0.2) is 0 Å². The van der Waals surface area contributed by atoms with Crippen molar-refractivity contribution in [3.05, 3.63) is 10.4 Å². The van der Waals surface area contributed by atoms with Crippen molar-refractivity contribution in [3.8, 4) is 0 Å². The number of methoxy groups -OCH3 is 1. The number of nitrogens with one attached hydrogen (secondary N) is 3. The van der Waals surface area contributed by atoms with Crippen molar-refractivity contribution >= 4 is 23.7 Å². The molecule has 9 aliphatic rings. The lowest BCUT2D eigenvalue weighted by Crippen LogP contribution is -2.62. The molecular weight excluding hydrogens is 1500 g/mol. The van der Waals surface area contributed by atoms with Gasteiger partial charge in [-0.2, -0.15) is 0 Å². The highest BCUT2D eigenvalue weighted by Crippen LogP contribution is 2.29. The van der Waals surface area contributed by atoms with Crippen LogP contribution in [0.4, 0.5) is 0 Å². The van der Waals surface area contributed by atoms with Gasteiger partial charge in [-0.15, -0.1) is 0 Å². The highest BCUT2D eigenvalue weighted by atomic mass is 16.6. The van der Waals surface area contributed by atoms with Crippen molar-refractivity contribution in [1.29, 1.82) is 0 Å². The van der Waals surface area contributed by atoms with Gasteiger partial charge >= 0.3 is 0 Å². The zero-order valence-corrected chi connectivity index (χ0v) is 65.8. The van der Waals surface area contributed by atoms with E-state index in [1.165, 1.54) is 66.9 Å². The summed E-state index contributed by atoms with van der Waals surface area (Å²) in [7, 11) is 1.41. The van der Waals surface area contributed by atoms with Crippen LogP contribution in [0.25, 0.3) is 10.4 Å². The Morgan fingerprint density at radius 1 is 0.384 bits per heavy atom. The second kappa shape index (κ2) is 52.7. The summed E-state index contributed by atoms with van der Waals surface area (Å²) in [5, 5.41) is 235. The summed E-state index contributed by atoms with van der Waals surface area (Å²) in [5.74, 6) is -1.98. The number of rotatable bonds is 12. The predicted octanol–water partition coefficient (Wildman–Crippen LogP) is -10.6. The van der Waals surface area contributed by atoms with Crippen molar-refractivity contribution in [3.63, 3.8) is 0 Å². The van der Waals surface area contributed by atoms with E-state index >= 15 is 0 Å². The molecule has 9 rings (SSSR count). The topological polar surface area (TPSA) is 725 Å². The first-order valence-corrected chi connectivity index (χ1v) is 37.3. The molecule has 660 valence electrons. The van der Waals surface area contributed by atoms with E-state index in [1.807, 2.05) is 13.8 Å². The van der Waals surface area contributed by atoms with Gasteiger partial charge in [0.1, 0.15) is 140 Å². The molecule has 1 saturated carbocycles. The summed E-state index contributed by atoms with van der Waals surface area (Å²) in [6.45, 7) is 19.5. The van der Waals surface area contributed by atoms with E-state index in [9.17, 15) is 121 Å². The van der Waals surface area contributed by atoms with Crippen LogP contribution in [-0.2, 0) is 61.8 Å². The van der Waals surface area contributed by atoms with E-state index < -0.39 is 220 Å². The van der Waals surface area contributed by atoms with E-state index in [4.69, 9.17) is 68.6 Å². The number of ether oxygens (including phenoxy) is 9. The van der Waals surface area contributed by atoms with Crippen molar-refractivity contribution < 1.29 is 184 Å². The summed E-state index contributed by atoms with van der Waals surface area (Å²) in [4.78, 5) is 45.1. The zero-order valence-electron chi connectivity index (χ0n) is 65.8. The molecule has 43 nitrogen and oxygen atoms in total. The molecule has 0 aromatic heterocycles. The SMILES string of the molecule is C1CCCC1.CC(=O)NC1CC(C)O[C@H](C)[C@H]1O.CC(=O)NC1[C@H](O)C(C)O[C@H](C)[C@H]1O.CC(=O)NCC1O[C@H](C)[C@@H](O)C(O)[C@@H]1O.COC1[C@H](O)C(CO)O[C@H](C)[C@H]1O.C[C@@H]1OC(CO)[C@H](O)C(O)[C@H]1O.C[C@H]1OC(CC(=O)[O-])[C@@H](O)C(O)[C@@H]1O.C[C@H]1OC(CO)[C@@H](N=[N+]=[N-])C(O)[C@@H]1O.C[C@H]1OC(CO)[C@@H](O)C(O)[C@H]1O. The average Bonchev–Trinajstić information content (AvgIpc) is 0.922. The molecule has 112 heavy (non-hydrogen) atoms. The van der Waals surface area contributed by atoms with Crippen LogP contribution in [0.3, 0.4) is 0 Å².